The van der Waals surface area contributed by atoms with Crippen LogP contribution in [0.25, 0.3) is 0 Å². The van der Waals surface area contributed by atoms with Crippen molar-refractivity contribution in [3.05, 3.63) is 24.3 Å². The molecule has 0 atom stereocenters. The minimum atomic E-state index is -3.64. The summed E-state index contributed by atoms with van der Waals surface area (Å²) in [5.41, 5.74) is 4.97. The van der Waals surface area contributed by atoms with Crippen LogP contribution in [-0.2, 0) is 14.8 Å². The van der Waals surface area contributed by atoms with Crippen LogP contribution in [0.5, 0.6) is 0 Å². The van der Waals surface area contributed by atoms with Crippen LogP contribution < -0.4 is 5.73 Å². The van der Waals surface area contributed by atoms with Crippen LogP contribution in [0.3, 0.4) is 0 Å². The zero-order valence-corrected chi connectivity index (χ0v) is 11.2. The molecule has 0 unspecified atom stereocenters. The van der Waals surface area contributed by atoms with Gasteiger partial charge in [-0.15, -0.1) is 11.8 Å². The van der Waals surface area contributed by atoms with Gasteiger partial charge in [0, 0.05) is 11.9 Å². The van der Waals surface area contributed by atoms with Crippen molar-refractivity contribution in [1.82, 2.24) is 4.31 Å². The lowest BCUT2D eigenvalue weighted by Gasteiger charge is -2.15. The second-order valence-electron chi connectivity index (χ2n) is 3.40. The SMILES string of the molecule is CSc1ccc(S(=O)(=O)N(C)CC(N)=O)cc1. The molecule has 0 aliphatic heterocycles. The number of carbonyl (C=O) groups is 1. The van der Waals surface area contributed by atoms with Crippen molar-refractivity contribution in [3.63, 3.8) is 0 Å². The molecule has 0 saturated carbocycles. The molecule has 0 radical (unpaired) electrons. The number of primary amides is 1. The number of sulfonamides is 1. The number of likely N-dealkylation sites (N-methyl/N-ethyl adjacent to an activating group) is 1. The van der Waals surface area contributed by atoms with Crippen LogP contribution in [0.4, 0.5) is 0 Å². The van der Waals surface area contributed by atoms with Crippen LogP contribution in [0.15, 0.2) is 34.1 Å². The van der Waals surface area contributed by atoms with Crippen molar-refractivity contribution in [1.29, 1.82) is 0 Å². The number of nitrogens with zero attached hydrogens (tertiary/aromatic N) is 1. The van der Waals surface area contributed by atoms with Crippen molar-refractivity contribution >= 4 is 27.7 Å². The molecule has 1 aromatic rings. The van der Waals surface area contributed by atoms with Crippen molar-refractivity contribution < 1.29 is 13.2 Å². The third-order valence-electron chi connectivity index (χ3n) is 2.15. The maximum absolute atomic E-state index is 12.0. The lowest BCUT2D eigenvalue weighted by Crippen LogP contribution is -2.35. The number of hydrogen-bond donors (Lipinski definition) is 1. The summed E-state index contributed by atoms with van der Waals surface area (Å²) < 4.78 is 24.9. The monoisotopic (exact) mass is 274 g/mol. The van der Waals surface area contributed by atoms with Crippen LogP contribution >= 0.6 is 11.8 Å². The molecule has 0 aromatic heterocycles. The Bertz CT molecular complexity index is 497. The molecule has 2 N–H and O–H groups in total. The highest BCUT2D eigenvalue weighted by Gasteiger charge is 2.21. The van der Waals surface area contributed by atoms with Gasteiger partial charge in [0.1, 0.15) is 0 Å². The van der Waals surface area contributed by atoms with E-state index in [9.17, 15) is 13.2 Å². The summed E-state index contributed by atoms with van der Waals surface area (Å²) in [6.45, 7) is -0.327. The summed E-state index contributed by atoms with van der Waals surface area (Å²) in [5, 5.41) is 0. The molecule has 7 heteroatoms. The van der Waals surface area contributed by atoms with E-state index in [-0.39, 0.29) is 11.4 Å². The molecule has 0 fully saturated rings. The molecular weight excluding hydrogens is 260 g/mol. The Hall–Kier alpha value is -1.05. The van der Waals surface area contributed by atoms with Gasteiger partial charge in [-0.2, -0.15) is 4.31 Å². The summed E-state index contributed by atoms with van der Waals surface area (Å²) in [6.07, 6.45) is 1.91. The van der Waals surface area contributed by atoms with Gasteiger partial charge in [-0.05, 0) is 30.5 Å². The normalized spacial score (nSPS) is 11.7. The number of rotatable bonds is 5. The summed E-state index contributed by atoms with van der Waals surface area (Å²) in [7, 11) is -2.31. The van der Waals surface area contributed by atoms with Gasteiger partial charge in [0.15, 0.2) is 0 Å². The maximum atomic E-state index is 12.0. The smallest absolute Gasteiger partial charge is 0.243 e. The zero-order chi connectivity index (χ0) is 13.1. The number of nitrogens with two attached hydrogens (primary N) is 1. The van der Waals surface area contributed by atoms with Crippen LogP contribution in [-0.4, -0.2) is 38.5 Å². The summed E-state index contributed by atoms with van der Waals surface area (Å²) in [5.74, 6) is -0.684. The first-order valence-electron chi connectivity index (χ1n) is 4.76. The lowest BCUT2D eigenvalue weighted by atomic mass is 10.4. The minimum absolute atomic E-state index is 0.152. The number of carbonyl (C=O) groups excluding carboxylic acids is 1. The predicted octanol–water partition coefficient (Wildman–Crippen LogP) is 0.514. The number of hydrogen-bond acceptors (Lipinski definition) is 4. The summed E-state index contributed by atoms with van der Waals surface area (Å²) in [4.78, 5) is 11.8. The van der Waals surface area contributed by atoms with E-state index >= 15 is 0 Å². The first-order chi connectivity index (χ1) is 7.87. The quantitative estimate of drug-likeness (QED) is 0.794. The first kappa shape index (κ1) is 14.0. The van der Waals surface area contributed by atoms with Crippen LogP contribution in [0.1, 0.15) is 0 Å². The van der Waals surface area contributed by atoms with E-state index in [1.54, 1.807) is 12.1 Å². The largest absolute Gasteiger partial charge is 0.369 e. The molecule has 5 nitrogen and oxygen atoms in total. The van der Waals surface area contributed by atoms with Gasteiger partial charge >= 0.3 is 0 Å². The average Bonchev–Trinajstić information content (AvgIpc) is 2.28. The van der Waals surface area contributed by atoms with E-state index in [2.05, 4.69) is 0 Å². The van der Waals surface area contributed by atoms with Gasteiger partial charge in [0.2, 0.25) is 15.9 Å². The fraction of sp³-hybridized carbons (Fsp3) is 0.300. The lowest BCUT2D eigenvalue weighted by molar-refractivity contribution is -0.118. The standard InChI is InChI=1S/C10H14N2O3S2/c1-12(7-10(11)13)17(14,15)9-5-3-8(16-2)4-6-9/h3-6H,7H2,1-2H3,(H2,11,13). The molecule has 17 heavy (non-hydrogen) atoms. The number of amides is 1. The van der Waals surface area contributed by atoms with E-state index < -0.39 is 15.9 Å². The Labute approximate surface area is 105 Å². The fourth-order valence-electron chi connectivity index (χ4n) is 1.23. The Kier molecular flexibility index (Phi) is 4.55. The van der Waals surface area contributed by atoms with E-state index in [1.165, 1.54) is 30.9 Å². The van der Waals surface area contributed by atoms with Gasteiger partial charge < -0.3 is 5.73 Å². The fourth-order valence-corrected chi connectivity index (χ4v) is 2.78. The molecule has 0 aliphatic carbocycles. The molecule has 1 rings (SSSR count). The predicted molar refractivity (Wildman–Crippen MR) is 67.2 cm³/mol. The molecule has 0 saturated heterocycles. The van der Waals surface area contributed by atoms with E-state index in [4.69, 9.17) is 5.73 Å². The topological polar surface area (TPSA) is 80.5 Å². The van der Waals surface area contributed by atoms with Crippen molar-refractivity contribution in [2.45, 2.75) is 9.79 Å². The molecule has 0 aliphatic rings. The van der Waals surface area contributed by atoms with Gasteiger partial charge in [-0.25, -0.2) is 8.42 Å². The number of thioether (sulfide) groups is 1. The second kappa shape index (κ2) is 5.52. The van der Waals surface area contributed by atoms with E-state index in [1.807, 2.05) is 6.26 Å². The zero-order valence-electron chi connectivity index (χ0n) is 9.58. The molecule has 0 spiro atoms. The highest BCUT2D eigenvalue weighted by molar-refractivity contribution is 7.98. The van der Waals surface area contributed by atoms with E-state index in [0.717, 1.165) is 9.20 Å². The first-order valence-corrected chi connectivity index (χ1v) is 7.43. The molecule has 1 amide bonds. The van der Waals surface area contributed by atoms with Crippen molar-refractivity contribution in [2.24, 2.45) is 5.73 Å². The van der Waals surface area contributed by atoms with Gasteiger partial charge in [-0.3, -0.25) is 4.79 Å². The van der Waals surface area contributed by atoms with Crippen LogP contribution in [0.2, 0.25) is 0 Å². The summed E-state index contributed by atoms with van der Waals surface area (Å²) >= 11 is 1.52. The maximum Gasteiger partial charge on any atom is 0.243 e. The second-order valence-corrected chi connectivity index (χ2v) is 6.33. The molecular formula is C10H14N2O3S2. The van der Waals surface area contributed by atoms with Gasteiger partial charge in [0.05, 0.1) is 11.4 Å². The molecule has 0 bridgehead atoms. The highest BCUT2D eigenvalue weighted by atomic mass is 32.2. The minimum Gasteiger partial charge on any atom is -0.369 e. The molecule has 0 heterocycles. The Balaban J connectivity index is 3.00. The van der Waals surface area contributed by atoms with Gasteiger partial charge in [-0.1, -0.05) is 0 Å². The third kappa shape index (κ3) is 3.45. The molecule has 1 aromatic carbocycles. The Morgan fingerprint density at radius 2 is 1.88 bits per heavy atom. The van der Waals surface area contributed by atoms with Crippen molar-refractivity contribution in [2.75, 3.05) is 19.8 Å². The molecule has 94 valence electrons. The van der Waals surface area contributed by atoms with Crippen molar-refractivity contribution in [3.8, 4) is 0 Å². The average molecular weight is 274 g/mol. The van der Waals surface area contributed by atoms with Crippen LogP contribution in [0, 0.1) is 0 Å². The summed E-state index contributed by atoms with van der Waals surface area (Å²) in [6, 6.07) is 6.46. The van der Waals surface area contributed by atoms with E-state index in [0.29, 0.717) is 0 Å². The third-order valence-corrected chi connectivity index (χ3v) is 4.71. The number of benzene rings is 1. The highest BCUT2D eigenvalue weighted by Crippen LogP contribution is 2.19. The van der Waals surface area contributed by atoms with Gasteiger partial charge in [0.25, 0.3) is 0 Å². The Morgan fingerprint density at radius 3 is 2.29 bits per heavy atom. The Morgan fingerprint density at radius 1 is 1.35 bits per heavy atom.